The molecule has 1 heterocycles. The van der Waals surface area contributed by atoms with Gasteiger partial charge in [0.2, 0.25) is 0 Å². The second-order valence-corrected chi connectivity index (χ2v) is 6.33. The van der Waals surface area contributed by atoms with Gasteiger partial charge in [-0.05, 0) is 41.6 Å². The average molecular weight is 366 g/mol. The Morgan fingerprint density at radius 2 is 1.64 bits per heavy atom. The largest absolute Gasteiger partial charge is 0.435 e. The van der Waals surface area contributed by atoms with Gasteiger partial charge in [-0.15, -0.1) is 11.8 Å². The zero-order valence-electron chi connectivity index (χ0n) is 13.2. The number of nitrogens with zero attached hydrogens (tertiary/aromatic N) is 1. The lowest BCUT2D eigenvalue weighted by Gasteiger charge is -2.09. The molecule has 0 aliphatic heterocycles. The molecule has 2 nitrogen and oxygen atoms in total. The highest BCUT2D eigenvalue weighted by Crippen LogP contribution is 2.36. The van der Waals surface area contributed by atoms with Crippen LogP contribution in [-0.4, -0.2) is 16.5 Å². The molecular weight excluding hydrogens is 352 g/mol. The predicted octanol–water partition coefficient (Wildman–Crippen LogP) is 5.55. The minimum atomic E-state index is -4.57. The molecule has 0 spiro atoms. The number of benzene rings is 2. The molecule has 130 valence electrons. The summed E-state index contributed by atoms with van der Waals surface area (Å²) in [7, 11) is 0. The first kappa shape index (κ1) is 17.5. The Morgan fingerprint density at radius 3 is 2.20 bits per heavy atom. The van der Waals surface area contributed by atoms with Crippen LogP contribution in [0.2, 0.25) is 0 Å². The Bertz CT molecular complexity index is 852. The minimum Gasteiger partial charge on any atom is -0.277 e. The van der Waals surface area contributed by atoms with E-state index >= 15 is 0 Å². The quantitative estimate of drug-likeness (QED) is 0.485. The second-order valence-electron chi connectivity index (χ2n) is 5.46. The molecular formula is C18H14F4N2S. The topological polar surface area (TPSA) is 28.7 Å². The molecule has 0 saturated heterocycles. The lowest BCUT2D eigenvalue weighted by Crippen LogP contribution is -2.09. The highest BCUT2D eigenvalue weighted by Gasteiger charge is 2.38. The van der Waals surface area contributed by atoms with Gasteiger partial charge in [-0.25, -0.2) is 4.39 Å². The Morgan fingerprint density at radius 1 is 1.00 bits per heavy atom. The summed E-state index contributed by atoms with van der Waals surface area (Å²) in [5.74, 6) is -0.431. The van der Waals surface area contributed by atoms with Crippen molar-refractivity contribution < 1.29 is 17.6 Å². The molecule has 1 aromatic heterocycles. The Kier molecular flexibility index (Phi) is 4.85. The first-order valence-corrected chi connectivity index (χ1v) is 8.64. The van der Waals surface area contributed by atoms with Crippen molar-refractivity contribution in [3.8, 4) is 11.3 Å². The van der Waals surface area contributed by atoms with E-state index in [1.165, 1.54) is 24.3 Å². The van der Waals surface area contributed by atoms with E-state index in [9.17, 15) is 17.6 Å². The molecule has 0 fully saturated rings. The summed E-state index contributed by atoms with van der Waals surface area (Å²) in [5.41, 5.74) is 0.634. The van der Waals surface area contributed by atoms with Gasteiger partial charge in [0, 0.05) is 16.9 Å². The van der Waals surface area contributed by atoms with Gasteiger partial charge >= 0.3 is 6.18 Å². The zero-order chi connectivity index (χ0) is 18.0. The standard InChI is InChI=1S/C18H14F4N2S/c1-25-14-8-4-12(5-9-14)16-15(17(24-23-16)18(20,21)22)10-11-2-6-13(19)7-3-11/h2-9H,10H2,1H3,(H,23,24). The third-order valence-corrected chi connectivity index (χ3v) is 4.55. The number of thioether (sulfide) groups is 1. The molecule has 7 heteroatoms. The fourth-order valence-corrected chi connectivity index (χ4v) is 2.98. The smallest absolute Gasteiger partial charge is 0.277 e. The molecule has 3 aromatic rings. The van der Waals surface area contributed by atoms with Crippen molar-refractivity contribution in [2.24, 2.45) is 0 Å². The van der Waals surface area contributed by atoms with Crippen LogP contribution in [-0.2, 0) is 12.6 Å². The number of hydrogen-bond acceptors (Lipinski definition) is 2. The maximum absolute atomic E-state index is 13.3. The van der Waals surface area contributed by atoms with Crippen molar-refractivity contribution >= 4 is 11.8 Å². The predicted molar refractivity (Wildman–Crippen MR) is 90.0 cm³/mol. The number of halogens is 4. The molecule has 0 atom stereocenters. The number of aromatic nitrogens is 2. The molecule has 0 radical (unpaired) electrons. The summed E-state index contributed by atoms with van der Waals surface area (Å²) in [6.45, 7) is 0. The first-order chi connectivity index (χ1) is 11.9. The van der Waals surface area contributed by atoms with Crippen LogP contribution in [0.3, 0.4) is 0 Å². The third-order valence-electron chi connectivity index (χ3n) is 3.81. The lowest BCUT2D eigenvalue weighted by molar-refractivity contribution is -0.141. The van der Waals surface area contributed by atoms with Gasteiger partial charge in [0.25, 0.3) is 0 Å². The number of rotatable bonds is 4. The SMILES string of the molecule is CSc1ccc(-c2[nH]nc(C(F)(F)F)c2Cc2ccc(F)cc2)cc1. The molecule has 0 aliphatic rings. The molecule has 3 rings (SSSR count). The molecule has 0 saturated carbocycles. The van der Waals surface area contributed by atoms with E-state index in [0.717, 1.165) is 4.90 Å². The molecule has 2 aromatic carbocycles. The summed E-state index contributed by atoms with van der Waals surface area (Å²) in [4.78, 5) is 1.01. The van der Waals surface area contributed by atoms with Gasteiger partial charge in [-0.1, -0.05) is 24.3 Å². The number of alkyl halides is 3. The Balaban J connectivity index is 2.05. The minimum absolute atomic E-state index is 0.00519. The van der Waals surface area contributed by atoms with Gasteiger partial charge in [-0.2, -0.15) is 18.3 Å². The van der Waals surface area contributed by atoms with Crippen molar-refractivity contribution in [3.05, 3.63) is 71.2 Å². The summed E-state index contributed by atoms with van der Waals surface area (Å²) >= 11 is 1.55. The van der Waals surface area contributed by atoms with Crippen LogP contribution < -0.4 is 0 Å². The number of H-pyrrole nitrogens is 1. The fraction of sp³-hybridized carbons (Fsp3) is 0.167. The van der Waals surface area contributed by atoms with Crippen molar-refractivity contribution in [2.75, 3.05) is 6.26 Å². The molecule has 25 heavy (non-hydrogen) atoms. The highest BCUT2D eigenvalue weighted by molar-refractivity contribution is 7.98. The van der Waals surface area contributed by atoms with Crippen molar-refractivity contribution in [2.45, 2.75) is 17.5 Å². The van der Waals surface area contributed by atoms with Gasteiger partial charge in [-0.3, -0.25) is 5.10 Å². The van der Waals surface area contributed by atoms with Gasteiger partial charge in [0.1, 0.15) is 5.82 Å². The summed E-state index contributed by atoms with van der Waals surface area (Å²) in [6, 6.07) is 12.6. The van der Waals surface area contributed by atoms with Crippen molar-refractivity contribution in [1.82, 2.24) is 10.2 Å². The van der Waals surface area contributed by atoms with Gasteiger partial charge < -0.3 is 0 Å². The maximum atomic E-state index is 13.3. The molecule has 1 N–H and O–H groups in total. The molecule has 0 amide bonds. The summed E-state index contributed by atoms with van der Waals surface area (Å²) in [5, 5.41) is 6.01. The lowest BCUT2D eigenvalue weighted by atomic mass is 9.99. The van der Waals surface area contributed by atoms with E-state index in [1.54, 1.807) is 23.9 Å². The van der Waals surface area contributed by atoms with Crippen LogP contribution in [0.1, 0.15) is 16.8 Å². The molecule has 0 bridgehead atoms. The van der Waals surface area contributed by atoms with Crippen LogP contribution in [0.4, 0.5) is 17.6 Å². The van der Waals surface area contributed by atoms with Crippen LogP contribution in [0.5, 0.6) is 0 Å². The van der Waals surface area contributed by atoms with Crippen molar-refractivity contribution in [1.29, 1.82) is 0 Å². The fourth-order valence-electron chi connectivity index (χ4n) is 2.57. The number of hydrogen-bond donors (Lipinski definition) is 1. The number of aromatic amines is 1. The second kappa shape index (κ2) is 6.92. The van der Waals surface area contributed by atoms with Crippen LogP contribution >= 0.6 is 11.8 Å². The summed E-state index contributed by atoms with van der Waals surface area (Å²) < 4.78 is 53.0. The van der Waals surface area contributed by atoms with E-state index in [2.05, 4.69) is 10.2 Å². The van der Waals surface area contributed by atoms with E-state index in [1.807, 2.05) is 18.4 Å². The highest BCUT2D eigenvalue weighted by atomic mass is 32.2. The maximum Gasteiger partial charge on any atom is 0.435 e. The zero-order valence-corrected chi connectivity index (χ0v) is 14.0. The number of nitrogens with one attached hydrogen (secondary N) is 1. The van der Waals surface area contributed by atoms with E-state index in [0.29, 0.717) is 16.8 Å². The Labute approximate surface area is 146 Å². The van der Waals surface area contributed by atoms with E-state index < -0.39 is 17.7 Å². The Hall–Kier alpha value is -2.28. The third kappa shape index (κ3) is 3.87. The van der Waals surface area contributed by atoms with Gasteiger partial charge in [0.15, 0.2) is 5.69 Å². The van der Waals surface area contributed by atoms with Gasteiger partial charge in [0.05, 0.1) is 5.69 Å². The van der Waals surface area contributed by atoms with E-state index in [-0.39, 0.29) is 12.0 Å². The monoisotopic (exact) mass is 366 g/mol. The molecule has 0 aliphatic carbocycles. The van der Waals surface area contributed by atoms with Crippen LogP contribution in [0.25, 0.3) is 11.3 Å². The van der Waals surface area contributed by atoms with Crippen LogP contribution in [0, 0.1) is 5.82 Å². The van der Waals surface area contributed by atoms with Crippen molar-refractivity contribution in [3.63, 3.8) is 0 Å². The molecule has 0 unspecified atom stereocenters. The normalized spacial score (nSPS) is 11.7. The van der Waals surface area contributed by atoms with Crippen LogP contribution in [0.15, 0.2) is 53.4 Å². The average Bonchev–Trinajstić information content (AvgIpc) is 3.01. The van der Waals surface area contributed by atoms with E-state index in [4.69, 9.17) is 0 Å². The summed E-state index contributed by atoms with van der Waals surface area (Å²) in [6.07, 6.45) is -2.64. The first-order valence-electron chi connectivity index (χ1n) is 7.42.